The Morgan fingerprint density at radius 2 is 2.24 bits per heavy atom. The van der Waals surface area contributed by atoms with E-state index >= 15 is 0 Å². The molecule has 1 heterocycles. The molecule has 2 unspecified atom stereocenters. The summed E-state index contributed by atoms with van der Waals surface area (Å²) >= 11 is 0. The van der Waals surface area contributed by atoms with E-state index in [1.165, 1.54) is 12.1 Å². The molecule has 1 fully saturated rings. The van der Waals surface area contributed by atoms with Gasteiger partial charge < -0.3 is 15.2 Å². The van der Waals surface area contributed by atoms with Crippen LogP contribution in [0.1, 0.15) is 25.3 Å². The molecule has 1 aliphatic rings. The van der Waals surface area contributed by atoms with Crippen molar-refractivity contribution in [3.05, 3.63) is 29.6 Å². The highest BCUT2D eigenvalue weighted by atomic mass is 19.1. The fourth-order valence-electron chi connectivity index (χ4n) is 2.02. The molecule has 1 aliphatic heterocycles. The molecule has 2 rings (SSSR count). The third-order valence-electron chi connectivity index (χ3n) is 2.92. The second-order valence-corrected chi connectivity index (χ2v) is 4.46. The van der Waals surface area contributed by atoms with E-state index in [2.05, 4.69) is 6.92 Å². The van der Waals surface area contributed by atoms with Gasteiger partial charge in [-0.2, -0.15) is 0 Å². The van der Waals surface area contributed by atoms with Gasteiger partial charge >= 0.3 is 0 Å². The second kappa shape index (κ2) is 5.47. The van der Waals surface area contributed by atoms with E-state index in [4.69, 9.17) is 15.2 Å². The van der Waals surface area contributed by atoms with Crippen LogP contribution in [0.3, 0.4) is 0 Å². The van der Waals surface area contributed by atoms with Crippen molar-refractivity contribution in [3.63, 3.8) is 0 Å². The van der Waals surface area contributed by atoms with Gasteiger partial charge in [-0.3, -0.25) is 0 Å². The van der Waals surface area contributed by atoms with E-state index in [0.717, 1.165) is 18.4 Å². The molecule has 1 aromatic carbocycles. The highest BCUT2D eigenvalue weighted by molar-refractivity contribution is 5.29. The zero-order valence-electron chi connectivity index (χ0n) is 9.99. The SMILES string of the molecule is CC1CCC(COc2cc(F)cc(CN)c2)O1. The molecule has 1 aromatic rings. The van der Waals surface area contributed by atoms with Crippen LogP contribution in [0.5, 0.6) is 5.75 Å². The van der Waals surface area contributed by atoms with Crippen LogP contribution in [0.15, 0.2) is 18.2 Å². The summed E-state index contributed by atoms with van der Waals surface area (Å²) in [6.07, 6.45) is 2.48. The van der Waals surface area contributed by atoms with E-state index in [0.29, 0.717) is 25.0 Å². The van der Waals surface area contributed by atoms with Crippen molar-refractivity contribution in [2.24, 2.45) is 5.73 Å². The summed E-state index contributed by atoms with van der Waals surface area (Å²) in [6.45, 7) is 2.83. The van der Waals surface area contributed by atoms with Gasteiger partial charge in [0, 0.05) is 12.6 Å². The maximum Gasteiger partial charge on any atom is 0.127 e. The molecule has 0 aromatic heterocycles. The van der Waals surface area contributed by atoms with Crippen molar-refractivity contribution in [1.82, 2.24) is 0 Å². The average Bonchev–Trinajstić information content (AvgIpc) is 2.72. The van der Waals surface area contributed by atoms with Crippen molar-refractivity contribution in [3.8, 4) is 5.75 Å². The first-order valence-corrected chi connectivity index (χ1v) is 5.95. The molecule has 17 heavy (non-hydrogen) atoms. The van der Waals surface area contributed by atoms with Crippen LogP contribution in [-0.2, 0) is 11.3 Å². The molecule has 2 N–H and O–H groups in total. The van der Waals surface area contributed by atoms with Crippen molar-refractivity contribution < 1.29 is 13.9 Å². The summed E-state index contributed by atoms with van der Waals surface area (Å²) in [5, 5.41) is 0. The predicted octanol–water partition coefficient (Wildman–Crippen LogP) is 2.23. The van der Waals surface area contributed by atoms with E-state index in [1.807, 2.05) is 0 Å². The number of benzene rings is 1. The molecule has 0 saturated carbocycles. The first kappa shape index (κ1) is 12.3. The summed E-state index contributed by atoms with van der Waals surface area (Å²) < 4.78 is 24.4. The fourth-order valence-corrected chi connectivity index (χ4v) is 2.02. The van der Waals surface area contributed by atoms with Gasteiger partial charge in [0.25, 0.3) is 0 Å². The third-order valence-corrected chi connectivity index (χ3v) is 2.92. The smallest absolute Gasteiger partial charge is 0.127 e. The Bertz CT molecular complexity index is 384. The minimum Gasteiger partial charge on any atom is -0.491 e. The minimum atomic E-state index is -0.316. The Morgan fingerprint density at radius 3 is 2.88 bits per heavy atom. The number of rotatable bonds is 4. The van der Waals surface area contributed by atoms with Gasteiger partial charge in [-0.25, -0.2) is 4.39 Å². The Balaban J connectivity index is 1.92. The Kier molecular flexibility index (Phi) is 3.97. The number of hydrogen-bond donors (Lipinski definition) is 1. The first-order valence-electron chi connectivity index (χ1n) is 5.95. The topological polar surface area (TPSA) is 44.5 Å². The lowest BCUT2D eigenvalue weighted by Crippen LogP contribution is -2.18. The second-order valence-electron chi connectivity index (χ2n) is 4.46. The van der Waals surface area contributed by atoms with Crippen molar-refractivity contribution in [1.29, 1.82) is 0 Å². The lowest BCUT2D eigenvalue weighted by molar-refractivity contribution is 0.0264. The van der Waals surface area contributed by atoms with Crippen molar-refractivity contribution in [2.75, 3.05) is 6.61 Å². The maximum absolute atomic E-state index is 13.2. The summed E-state index contributed by atoms with van der Waals surface area (Å²) in [4.78, 5) is 0. The molecule has 1 saturated heterocycles. The molecule has 0 bridgehead atoms. The molecule has 2 atom stereocenters. The van der Waals surface area contributed by atoms with Gasteiger partial charge in [0.05, 0.1) is 12.2 Å². The van der Waals surface area contributed by atoms with Crippen molar-refractivity contribution >= 4 is 0 Å². The van der Waals surface area contributed by atoms with Gasteiger partial charge in [-0.05, 0) is 37.5 Å². The van der Waals surface area contributed by atoms with Crippen LogP contribution in [0.25, 0.3) is 0 Å². The summed E-state index contributed by atoms with van der Waals surface area (Å²) in [7, 11) is 0. The molecular formula is C13H18FNO2. The monoisotopic (exact) mass is 239 g/mol. The number of ether oxygens (including phenoxy) is 2. The fraction of sp³-hybridized carbons (Fsp3) is 0.538. The van der Waals surface area contributed by atoms with Crippen molar-refractivity contribution in [2.45, 2.75) is 38.5 Å². The highest BCUT2D eigenvalue weighted by Gasteiger charge is 2.22. The number of hydrogen-bond acceptors (Lipinski definition) is 3. The van der Waals surface area contributed by atoms with Crippen LogP contribution in [0.2, 0.25) is 0 Å². The molecule has 0 spiro atoms. The zero-order chi connectivity index (χ0) is 12.3. The van der Waals surface area contributed by atoms with Gasteiger partial charge in [0.15, 0.2) is 0 Å². The van der Waals surface area contributed by atoms with Crippen LogP contribution >= 0.6 is 0 Å². The summed E-state index contributed by atoms with van der Waals surface area (Å²) in [5.41, 5.74) is 6.21. The molecule has 0 radical (unpaired) electrons. The van der Waals surface area contributed by atoms with Gasteiger partial charge in [0.2, 0.25) is 0 Å². The van der Waals surface area contributed by atoms with E-state index in [1.54, 1.807) is 6.07 Å². The van der Waals surface area contributed by atoms with Gasteiger partial charge in [-0.15, -0.1) is 0 Å². The van der Waals surface area contributed by atoms with Crippen LogP contribution in [0, 0.1) is 5.82 Å². The molecule has 0 aliphatic carbocycles. The Hall–Kier alpha value is -1.13. The Morgan fingerprint density at radius 1 is 1.41 bits per heavy atom. The number of halogens is 1. The molecule has 4 heteroatoms. The van der Waals surface area contributed by atoms with Crippen LogP contribution in [-0.4, -0.2) is 18.8 Å². The highest BCUT2D eigenvalue weighted by Crippen LogP contribution is 2.21. The third kappa shape index (κ3) is 3.41. The Labute approximate surface area is 101 Å². The van der Waals surface area contributed by atoms with Gasteiger partial charge in [0.1, 0.15) is 18.2 Å². The predicted molar refractivity (Wildman–Crippen MR) is 63.4 cm³/mol. The van der Waals surface area contributed by atoms with E-state index in [-0.39, 0.29) is 11.9 Å². The standard InChI is InChI=1S/C13H18FNO2/c1-9-2-3-12(17-9)8-16-13-5-10(7-15)4-11(14)6-13/h4-6,9,12H,2-3,7-8,15H2,1H3. The quantitative estimate of drug-likeness (QED) is 0.876. The molecule has 94 valence electrons. The molecule has 0 amide bonds. The van der Waals surface area contributed by atoms with Crippen LogP contribution in [0.4, 0.5) is 4.39 Å². The number of nitrogens with two attached hydrogens (primary N) is 1. The van der Waals surface area contributed by atoms with E-state index in [9.17, 15) is 4.39 Å². The molecular weight excluding hydrogens is 221 g/mol. The molecule has 3 nitrogen and oxygen atoms in total. The largest absolute Gasteiger partial charge is 0.491 e. The minimum absolute atomic E-state index is 0.120. The average molecular weight is 239 g/mol. The summed E-state index contributed by atoms with van der Waals surface area (Å²) in [6, 6.07) is 4.56. The van der Waals surface area contributed by atoms with E-state index < -0.39 is 0 Å². The lowest BCUT2D eigenvalue weighted by atomic mass is 10.2. The summed E-state index contributed by atoms with van der Waals surface area (Å²) in [5.74, 6) is 0.206. The lowest BCUT2D eigenvalue weighted by Gasteiger charge is -2.13. The van der Waals surface area contributed by atoms with Gasteiger partial charge in [-0.1, -0.05) is 0 Å². The van der Waals surface area contributed by atoms with Crippen LogP contribution < -0.4 is 10.5 Å². The zero-order valence-corrected chi connectivity index (χ0v) is 9.99. The first-order chi connectivity index (χ1) is 8.17. The maximum atomic E-state index is 13.2. The normalized spacial score (nSPS) is 23.9.